The summed E-state index contributed by atoms with van der Waals surface area (Å²) in [7, 11) is 0. The summed E-state index contributed by atoms with van der Waals surface area (Å²) < 4.78 is 10.8. The number of aromatic nitrogens is 2. The maximum atomic E-state index is 12.5. The van der Waals surface area contributed by atoms with Gasteiger partial charge in [-0.15, -0.1) is 11.3 Å². The molecule has 7 nitrogen and oxygen atoms in total. The van der Waals surface area contributed by atoms with Crippen molar-refractivity contribution in [1.29, 1.82) is 0 Å². The van der Waals surface area contributed by atoms with Crippen LogP contribution >= 0.6 is 11.3 Å². The number of nitrogens with zero attached hydrogens (tertiary/aromatic N) is 4. The van der Waals surface area contributed by atoms with Crippen molar-refractivity contribution in [2.45, 2.75) is 52.0 Å². The van der Waals surface area contributed by atoms with Crippen LogP contribution in [0, 0.1) is 5.92 Å². The second-order valence-corrected chi connectivity index (χ2v) is 9.86. The molecule has 168 valence electrons. The molecular formula is C23H32N4O3S. The highest BCUT2D eigenvalue weighted by Crippen LogP contribution is 2.40. The van der Waals surface area contributed by atoms with Gasteiger partial charge < -0.3 is 14.4 Å². The van der Waals surface area contributed by atoms with Crippen molar-refractivity contribution in [3.63, 3.8) is 0 Å². The molecule has 2 aliphatic heterocycles. The number of ether oxygens (including phenoxy) is 2. The number of carbonyl (C=O) groups excluding carboxylic acids is 1. The van der Waals surface area contributed by atoms with E-state index >= 15 is 0 Å². The highest BCUT2D eigenvalue weighted by atomic mass is 32.1. The smallest absolute Gasteiger partial charge is 0.310 e. The van der Waals surface area contributed by atoms with Gasteiger partial charge in [0, 0.05) is 31.1 Å². The molecular weight excluding hydrogens is 412 g/mol. The van der Waals surface area contributed by atoms with Crippen LogP contribution < -0.4 is 4.90 Å². The average Bonchev–Trinajstić information content (AvgIpc) is 3.18. The molecule has 0 aromatic carbocycles. The first-order valence-corrected chi connectivity index (χ1v) is 12.6. The molecule has 0 spiro atoms. The summed E-state index contributed by atoms with van der Waals surface area (Å²) in [5.41, 5.74) is 1.46. The van der Waals surface area contributed by atoms with Crippen LogP contribution in [0.25, 0.3) is 10.2 Å². The maximum absolute atomic E-state index is 12.5. The van der Waals surface area contributed by atoms with Gasteiger partial charge in [0.2, 0.25) is 0 Å². The highest BCUT2D eigenvalue weighted by Gasteiger charge is 2.31. The van der Waals surface area contributed by atoms with Crippen molar-refractivity contribution in [2.75, 3.05) is 50.9 Å². The Morgan fingerprint density at radius 2 is 2.00 bits per heavy atom. The Balaban J connectivity index is 1.51. The molecule has 2 aromatic rings. The van der Waals surface area contributed by atoms with E-state index in [1.165, 1.54) is 28.7 Å². The molecule has 4 heterocycles. The first kappa shape index (κ1) is 21.1. The third kappa shape index (κ3) is 4.43. The second-order valence-electron chi connectivity index (χ2n) is 8.78. The van der Waals surface area contributed by atoms with Crippen molar-refractivity contribution in [3.8, 4) is 0 Å². The van der Waals surface area contributed by atoms with E-state index in [0.717, 1.165) is 81.5 Å². The molecule has 0 bridgehead atoms. The third-order valence-electron chi connectivity index (χ3n) is 6.65. The van der Waals surface area contributed by atoms with Gasteiger partial charge in [0.1, 0.15) is 16.5 Å². The molecule has 1 atom stereocenters. The number of morpholine rings is 1. The molecule has 1 aliphatic carbocycles. The summed E-state index contributed by atoms with van der Waals surface area (Å²) in [5.74, 6) is 1.79. The lowest BCUT2D eigenvalue weighted by Crippen LogP contribution is -2.40. The van der Waals surface area contributed by atoms with Gasteiger partial charge in [-0.05, 0) is 51.0 Å². The molecule has 0 saturated carbocycles. The van der Waals surface area contributed by atoms with Gasteiger partial charge in [-0.1, -0.05) is 0 Å². The van der Waals surface area contributed by atoms with Crippen LogP contribution in [0.4, 0.5) is 5.82 Å². The zero-order valence-corrected chi connectivity index (χ0v) is 19.2. The van der Waals surface area contributed by atoms with E-state index in [2.05, 4.69) is 9.80 Å². The molecule has 0 N–H and O–H groups in total. The predicted octanol–water partition coefficient (Wildman–Crippen LogP) is 3.18. The summed E-state index contributed by atoms with van der Waals surface area (Å²) in [6, 6.07) is 0. The monoisotopic (exact) mass is 444 g/mol. The largest absolute Gasteiger partial charge is 0.466 e. The van der Waals surface area contributed by atoms with Gasteiger partial charge in [0.25, 0.3) is 0 Å². The maximum Gasteiger partial charge on any atom is 0.310 e. The number of rotatable bonds is 5. The zero-order chi connectivity index (χ0) is 21.2. The summed E-state index contributed by atoms with van der Waals surface area (Å²) in [6.45, 7) is 8.08. The minimum atomic E-state index is -0.0733. The van der Waals surface area contributed by atoms with E-state index in [1.807, 2.05) is 18.3 Å². The van der Waals surface area contributed by atoms with Crippen molar-refractivity contribution in [3.05, 3.63) is 16.3 Å². The first-order valence-electron chi connectivity index (χ1n) is 11.8. The minimum absolute atomic E-state index is 0.0709. The SMILES string of the molecule is CCOC(=O)C1CCCN(c2nc(CN3CCOCC3)nc3sc4c(c23)CCCC4)C1. The van der Waals surface area contributed by atoms with Crippen LogP contribution in [0.15, 0.2) is 0 Å². The van der Waals surface area contributed by atoms with Crippen molar-refractivity contribution in [1.82, 2.24) is 14.9 Å². The number of fused-ring (bicyclic) bond motifs is 3. The summed E-state index contributed by atoms with van der Waals surface area (Å²) in [6.07, 6.45) is 6.65. The number of thiophene rings is 1. The summed E-state index contributed by atoms with van der Waals surface area (Å²) in [4.78, 5) is 29.9. The number of hydrogen-bond donors (Lipinski definition) is 0. The van der Waals surface area contributed by atoms with Crippen LogP contribution in [0.1, 0.15) is 48.9 Å². The van der Waals surface area contributed by atoms with E-state index in [1.54, 1.807) is 0 Å². The normalized spacial score (nSPS) is 22.5. The van der Waals surface area contributed by atoms with Crippen molar-refractivity contribution in [2.24, 2.45) is 5.92 Å². The molecule has 2 saturated heterocycles. The van der Waals surface area contributed by atoms with Crippen LogP contribution in [-0.2, 0) is 33.7 Å². The van der Waals surface area contributed by atoms with Crippen molar-refractivity contribution >= 4 is 33.3 Å². The zero-order valence-electron chi connectivity index (χ0n) is 18.4. The first-order chi connectivity index (χ1) is 15.2. The van der Waals surface area contributed by atoms with Crippen LogP contribution in [0.2, 0.25) is 0 Å². The Morgan fingerprint density at radius 3 is 2.84 bits per heavy atom. The molecule has 2 fully saturated rings. The Bertz CT molecular complexity index is 941. The standard InChI is InChI=1S/C23H32N4O3S/c1-2-30-23(28)16-6-5-9-27(14-16)21-20-17-7-3-4-8-18(17)31-22(20)25-19(24-21)15-26-10-12-29-13-11-26/h16H,2-15H2,1H3. The molecule has 0 amide bonds. The Morgan fingerprint density at radius 1 is 1.16 bits per heavy atom. The Kier molecular flexibility index (Phi) is 6.39. The van der Waals surface area contributed by atoms with Crippen LogP contribution in [0.5, 0.6) is 0 Å². The third-order valence-corrected chi connectivity index (χ3v) is 7.84. The van der Waals surface area contributed by atoms with Crippen LogP contribution in [-0.4, -0.2) is 66.8 Å². The predicted molar refractivity (Wildman–Crippen MR) is 122 cm³/mol. The second kappa shape index (κ2) is 9.38. The molecule has 1 unspecified atom stereocenters. The number of anilines is 1. The van der Waals surface area contributed by atoms with Gasteiger partial charge in [-0.25, -0.2) is 9.97 Å². The number of carbonyl (C=O) groups is 1. The molecule has 0 radical (unpaired) electrons. The number of aryl methyl sites for hydroxylation is 2. The molecule has 2 aromatic heterocycles. The van der Waals surface area contributed by atoms with Gasteiger partial charge in [0.05, 0.1) is 37.7 Å². The molecule has 5 rings (SSSR count). The summed E-state index contributed by atoms with van der Waals surface area (Å²) >= 11 is 1.86. The Labute approximate surface area is 187 Å². The average molecular weight is 445 g/mol. The van der Waals surface area contributed by atoms with Gasteiger partial charge >= 0.3 is 5.97 Å². The topological polar surface area (TPSA) is 67.8 Å². The lowest BCUT2D eigenvalue weighted by molar-refractivity contribution is -0.148. The van der Waals surface area contributed by atoms with E-state index < -0.39 is 0 Å². The fraction of sp³-hybridized carbons (Fsp3) is 0.696. The van der Waals surface area contributed by atoms with Gasteiger partial charge in [0.15, 0.2) is 0 Å². The molecule has 3 aliphatic rings. The Hall–Kier alpha value is -1.77. The van der Waals surface area contributed by atoms with E-state index in [-0.39, 0.29) is 11.9 Å². The lowest BCUT2D eigenvalue weighted by Gasteiger charge is -2.33. The lowest BCUT2D eigenvalue weighted by atomic mass is 9.95. The van der Waals surface area contributed by atoms with Crippen molar-refractivity contribution < 1.29 is 14.3 Å². The van der Waals surface area contributed by atoms with Gasteiger partial charge in [-0.3, -0.25) is 9.69 Å². The highest BCUT2D eigenvalue weighted by molar-refractivity contribution is 7.19. The fourth-order valence-electron chi connectivity index (χ4n) is 5.06. The quantitative estimate of drug-likeness (QED) is 0.656. The minimum Gasteiger partial charge on any atom is -0.466 e. The number of esters is 1. The molecule has 8 heteroatoms. The number of hydrogen-bond acceptors (Lipinski definition) is 8. The van der Waals surface area contributed by atoms with Gasteiger partial charge in [-0.2, -0.15) is 0 Å². The van der Waals surface area contributed by atoms with E-state index in [9.17, 15) is 4.79 Å². The van der Waals surface area contributed by atoms with E-state index in [0.29, 0.717) is 13.2 Å². The fourth-order valence-corrected chi connectivity index (χ4v) is 6.34. The summed E-state index contributed by atoms with van der Waals surface area (Å²) in [5, 5.41) is 1.25. The van der Waals surface area contributed by atoms with E-state index in [4.69, 9.17) is 19.4 Å². The molecule has 31 heavy (non-hydrogen) atoms. The van der Waals surface area contributed by atoms with Crippen LogP contribution in [0.3, 0.4) is 0 Å². The number of piperidine rings is 1.